The molecule has 0 aromatic rings. The lowest BCUT2D eigenvalue weighted by molar-refractivity contribution is -0.348. The summed E-state index contributed by atoms with van der Waals surface area (Å²) in [6, 6.07) is -3.87. The highest BCUT2D eigenvalue weighted by Crippen LogP contribution is 2.31. The van der Waals surface area contributed by atoms with Crippen LogP contribution in [0, 0.1) is 0 Å². The van der Waals surface area contributed by atoms with Crippen molar-refractivity contribution >= 4 is 0 Å². The van der Waals surface area contributed by atoms with Gasteiger partial charge in [0.2, 0.25) is 0 Å². The van der Waals surface area contributed by atoms with Crippen LogP contribution in [0.5, 0.6) is 0 Å². The Bertz CT molecular complexity index is 678. The van der Waals surface area contributed by atoms with Gasteiger partial charge in [-0.25, -0.2) is 0 Å². The molecule has 0 radical (unpaired) electrons. The Hall–Kier alpha value is -0.720. The second-order valence-electron chi connectivity index (χ2n) is 9.04. The molecule has 3 fully saturated rings. The van der Waals surface area contributed by atoms with Crippen LogP contribution < -0.4 is 17.2 Å². The van der Waals surface area contributed by atoms with Crippen molar-refractivity contribution in [2.45, 2.75) is 91.9 Å². The van der Waals surface area contributed by atoms with E-state index in [1.54, 1.807) is 0 Å². The highest BCUT2D eigenvalue weighted by molar-refractivity contribution is 4.98. The van der Waals surface area contributed by atoms with Gasteiger partial charge >= 0.3 is 0 Å². The minimum atomic E-state index is -1.56. The molecule has 226 valence electrons. The first-order chi connectivity index (χ1) is 18.0. The quantitative estimate of drug-likeness (QED) is 0.130. The van der Waals surface area contributed by atoms with E-state index in [1.807, 2.05) is 0 Å². The molecule has 38 heavy (non-hydrogen) atoms. The lowest BCUT2D eigenvalue weighted by Gasteiger charge is -2.48. The lowest BCUT2D eigenvalue weighted by Crippen LogP contribution is -2.69. The zero-order chi connectivity index (χ0) is 28.7. The minimum absolute atomic E-state index is 0.125. The number of rotatable bonds is 8. The van der Waals surface area contributed by atoms with Gasteiger partial charge in [0.1, 0.15) is 54.9 Å². The third-order valence-electron chi connectivity index (χ3n) is 6.43. The largest absolute Gasteiger partial charge is 0.394 e. The maximum absolute atomic E-state index is 10.8. The Morgan fingerprint density at radius 1 is 0.500 bits per heavy atom. The maximum Gasteiger partial charge on any atom is 0.176 e. The van der Waals surface area contributed by atoms with Gasteiger partial charge in [-0.05, 0) is 0 Å². The van der Waals surface area contributed by atoms with E-state index in [2.05, 4.69) is 0 Å². The van der Waals surface area contributed by atoms with Crippen molar-refractivity contribution in [3.63, 3.8) is 0 Å². The second-order valence-corrected chi connectivity index (χ2v) is 9.04. The highest BCUT2D eigenvalue weighted by atomic mass is 16.7. The molecule has 3 aliphatic heterocycles. The topological polar surface area (TPSA) is 327 Å². The standard InChI is InChI=1S/C18H35N3O13.C2H6O2/c19-7-12(27)14(5(2-23)30-16(7)29)33-18-9(21)13(28)15(6(3-24)32-18)34-17-8(20)11(26)10(25)4(1-22)31-17;3-1-2-4/h4-18,22-29H,1-3,19-21H2;3-4H,1-2H2/t4-,5-,6-,7?,8-,9?,10-,11-,12?,13-,14?,15?,16?,17+,18+;/m1./s1. The third kappa shape index (κ3) is 7.51. The monoisotopic (exact) mass is 563 g/mol. The first-order valence-electron chi connectivity index (χ1n) is 12.0. The van der Waals surface area contributed by atoms with Gasteiger partial charge in [-0.2, -0.15) is 0 Å². The fourth-order valence-electron chi connectivity index (χ4n) is 4.18. The van der Waals surface area contributed by atoms with E-state index in [0.29, 0.717) is 0 Å². The van der Waals surface area contributed by atoms with E-state index in [1.165, 1.54) is 0 Å². The molecule has 3 saturated heterocycles. The first kappa shape index (κ1) is 33.5. The van der Waals surface area contributed by atoms with Crippen molar-refractivity contribution in [3.05, 3.63) is 0 Å². The molecule has 18 nitrogen and oxygen atoms in total. The van der Waals surface area contributed by atoms with Crippen molar-refractivity contribution < 1.29 is 74.7 Å². The molecule has 18 heteroatoms. The van der Waals surface area contributed by atoms with Crippen LogP contribution in [0.3, 0.4) is 0 Å². The number of hydrogen-bond donors (Lipinski definition) is 13. The van der Waals surface area contributed by atoms with Crippen LogP contribution in [0.25, 0.3) is 0 Å². The summed E-state index contributed by atoms with van der Waals surface area (Å²) in [6.07, 6.45) is -16.8. The average molecular weight is 564 g/mol. The number of aliphatic hydroxyl groups excluding tert-OH is 10. The third-order valence-corrected chi connectivity index (χ3v) is 6.43. The molecular formula is C20H41N3O15. The smallest absolute Gasteiger partial charge is 0.176 e. The lowest BCUT2D eigenvalue weighted by atomic mass is 9.94. The number of ether oxygens (including phenoxy) is 5. The predicted molar refractivity (Wildman–Crippen MR) is 121 cm³/mol. The highest BCUT2D eigenvalue weighted by Gasteiger charge is 2.52. The summed E-state index contributed by atoms with van der Waals surface area (Å²) in [5.74, 6) is 0. The van der Waals surface area contributed by atoms with Gasteiger partial charge in [-0.3, -0.25) is 0 Å². The molecule has 0 saturated carbocycles. The zero-order valence-corrected chi connectivity index (χ0v) is 20.4. The van der Waals surface area contributed by atoms with E-state index >= 15 is 0 Å². The fourth-order valence-corrected chi connectivity index (χ4v) is 4.18. The second kappa shape index (κ2) is 15.3. The SMILES string of the molecule is NC1C(O)O[C@H](CO)C(O[C@@H]2O[C@H](CO)C(O[C@@H]3O[C@H](CO)[C@@H](O)[C@H](O)[C@H]3N)[C@H](O)C2N)C1O.OCCO. The molecule has 3 aliphatic rings. The van der Waals surface area contributed by atoms with Crippen LogP contribution in [0.4, 0.5) is 0 Å². The van der Waals surface area contributed by atoms with Crippen LogP contribution in [-0.2, 0) is 23.7 Å². The molecule has 0 aliphatic carbocycles. The molecule has 0 aromatic carbocycles. The van der Waals surface area contributed by atoms with Crippen LogP contribution in [-0.4, -0.2) is 176 Å². The minimum Gasteiger partial charge on any atom is -0.394 e. The van der Waals surface area contributed by atoms with Crippen molar-refractivity contribution in [1.82, 2.24) is 0 Å². The maximum atomic E-state index is 10.8. The van der Waals surface area contributed by atoms with Crippen LogP contribution >= 0.6 is 0 Å². The summed E-state index contributed by atoms with van der Waals surface area (Å²) in [7, 11) is 0. The van der Waals surface area contributed by atoms with Crippen LogP contribution in [0.2, 0.25) is 0 Å². The first-order valence-corrected chi connectivity index (χ1v) is 12.0. The van der Waals surface area contributed by atoms with Crippen LogP contribution in [0.15, 0.2) is 0 Å². The predicted octanol–water partition coefficient (Wildman–Crippen LogP) is -8.70. The van der Waals surface area contributed by atoms with Crippen molar-refractivity contribution in [2.75, 3.05) is 33.0 Å². The normalized spacial score (nSPS) is 47.8. The Balaban J connectivity index is 0.00000118. The van der Waals surface area contributed by atoms with Gasteiger partial charge in [0.25, 0.3) is 0 Å². The average Bonchev–Trinajstić information content (AvgIpc) is 2.92. The van der Waals surface area contributed by atoms with E-state index in [4.69, 9.17) is 51.1 Å². The van der Waals surface area contributed by atoms with Gasteiger partial charge in [-0.15, -0.1) is 0 Å². The summed E-state index contributed by atoms with van der Waals surface area (Å²) >= 11 is 0. The molecule has 16 N–H and O–H groups in total. The van der Waals surface area contributed by atoms with Gasteiger partial charge in [0.15, 0.2) is 18.9 Å². The number of aliphatic hydroxyl groups is 10. The van der Waals surface area contributed by atoms with Crippen molar-refractivity contribution in [1.29, 1.82) is 0 Å². The summed E-state index contributed by atoms with van der Waals surface area (Å²) in [6.45, 7) is -2.25. The van der Waals surface area contributed by atoms with Crippen molar-refractivity contribution in [3.8, 4) is 0 Å². The van der Waals surface area contributed by atoms with E-state index in [9.17, 15) is 40.9 Å². The summed E-state index contributed by atoms with van der Waals surface area (Å²) in [5, 5.41) is 94.9. The van der Waals surface area contributed by atoms with Crippen molar-refractivity contribution in [2.24, 2.45) is 17.2 Å². The van der Waals surface area contributed by atoms with Crippen LogP contribution in [0.1, 0.15) is 0 Å². The molecule has 6 unspecified atom stereocenters. The number of hydrogen-bond acceptors (Lipinski definition) is 18. The Morgan fingerprint density at radius 2 is 0.895 bits per heavy atom. The van der Waals surface area contributed by atoms with Gasteiger partial charge in [-0.1, -0.05) is 0 Å². The molecule has 3 heterocycles. The molecule has 0 bridgehead atoms. The summed E-state index contributed by atoms with van der Waals surface area (Å²) < 4.78 is 27.4. The van der Waals surface area contributed by atoms with E-state index < -0.39 is 112 Å². The molecule has 0 spiro atoms. The molecule has 3 rings (SSSR count). The summed E-state index contributed by atoms with van der Waals surface area (Å²) in [4.78, 5) is 0. The molecule has 15 atom stereocenters. The molecular weight excluding hydrogens is 522 g/mol. The van der Waals surface area contributed by atoms with Gasteiger partial charge in [0, 0.05) is 0 Å². The zero-order valence-electron chi connectivity index (χ0n) is 20.4. The fraction of sp³-hybridized carbons (Fsp3) is 1.00. The number of nitrogens with two attached hydrogens (primary N) is 3. The van der Waals surface area contributed by atoms with Gasteiger partial charge < -0.3 is 92.0 Å². The Morgan fingerprint density at radius 3 is 1.34 bits per heavy atom. The van der Waals surface area contributed by atoms with Gasteiger partial charge in [0.05, 0.1) is 51.2 Å². The van der Waals surface area contributed by atoms with E-state index in [-0.39, 0.29) is 13.2 Å². The molecule has 0 aromatic heterocycles. The summed E-state index contributed by atoms with van der Waals surface area (Å²) in [5.41, 5.74) is 17.6. The molecule has 0 amide bonds. The Kier molecular flexibility index (Phi) is 13.5. The Labute approximate surface area is 217 Å². The van der Waals surface area contributed by atoms with E-state index in [0.717, 1.165) is 0 Å².